The molecule has 0 fully saturated rings. The van der Waals surface area contributed by atoms with Gasteiger partial charge in [-0.25, -0.2) is 0 Å². The molecule has 0 saturated carbocycles. The SMILES string of the molecule is O=C([O-])CCCCCNC(=O)/C=C/c1ccccc1[N+](=O)[O-]. The first-order valence-electron chi connectivity index (χ1n) is 6.90. The molecule has 0 atom stereocenters. The summed E-state index contributed by atoms with van der Waals surface area (Å²) in [5.41, 5.74) is 0.297. The number of nitro groups is 1. The fraction of sp³-hybridized carbons (Fsp3) is 0.333. The summed E-state index contributed by atoms with van der Waals surface area (Å²) in [5, 5.41) is 23.6. The third kappa shape index (κ3) is 6.65. The fourth-order valence-corrected chi connectivity index (χ4v) is 1.80. The van der Waals surface area contributed by atoms with Gasteiger partial charge in [0.2, 0.25) is 5.91 Å². The molecule has 118 valence electrons. The van der Waals surface area contributed by atoms with Gasteiger partial charge in [-0.1, -0.05) is 18.6 Å². The highest BCUT2D eigenvalue weighted by atomic mass is 16.6. The lowest BCUT2D eigenvalue weighted by Gasteiger charge is -2.03. The van der Waals surface area contributed by atoms with Gasteiger partial charge in [-0.3, -0.25) is 14.9 Å². The molecule has 22 heavy (non-hydrogen) atoms. The maximum atomic E-state index is 11.6. The molecule has 0 heterocycles. The Bertz CT molecular complexity index is 569. The molecule has 0 saturated heterocycles. The maximum Gasteiger partial charge on any atom is 0.276 e. The number of rotatable bonds is 9. The average molecular weight is 305 g/mol. The Balaban J connectivity index is 2.36. The van der Waals surface area contributed by atoms with Crippen molar-refractivity contribution in [3.05, 3.63) is 46.0 Å². The summed E-state index contributed by atoms with van der Waals surface area (Å²) < 4.78 is 0. The van der Waals surface area contributed by atoms with Crippen molar-refractivity contribution in [3.63, 3.8) is 0 Å². The van der Waals surface area contributed by atoms with Gasteiger partial charge in [0.1, 0.15) is 0 Å². The number of carbonyl (C=O) groups is 2. The second-order valence-corrected chi connectivity index (χ2v) is 4.62. The van der Waals surface area contributed by atoms with Gasteiger partial charge >= 0.3 is 0 Å². The second kappa shape index (κ2) is 9.28. The molecule has 7 nitrogen and oxygen atoms in total. The standard InChI is InChI=1S/C15H18N2O5/c18-14(16-11-5-1-2-8-15(19)20)10-9-12-6-3-4-7-13(12)17(21)22/h3-4,6-7,9-10H,1-2,5,8,11H2,(H,16,18)(H,19,20)/p-1/b10-9+. The molecule has 1 amide bonds. The molecule has 0 aromatic heterocycles. The topological polar surface area (TPSA) is 112 Å². The van der Waals surface area contributed by atoms with Crippen molar-refractivity contribution >= 4 is 23.6 Å². The molecule has 0 aliphatic rings. The minimum absolute atomic E-state index is 0.0194. The van der Waals surface area contributed by atoms with Crippen LogP contribution in [0.3, 0.4) is 0 Å². The van der Waals surface area contributed by atoms with E-state index in [1.54, 1.807) is 18.2 Å². The number of nitrogens with one attached hydrogen (secondary N) is 1. The first-order valence-corrected chi connectivity index (χ1v) is 6.90. The highest BCUT2D eigenvalue weighted by Gasteiger charge is 2.09. The summed E-state index contributed by atoms with van der Waals surface area (Å²) in [6, 6.07) is 6.14. The summed E-state index contributed by atoms with van der Waals surface area (Å²) in [4.78, 5) is 32.1. The van der Waals surface area contributed by atoms with Crippen LogP contribution < -0.4 is 10.4 Å². The van der Waals surface area contributed by atoms with Crippen molar-refractivity contribution in [1.29, 1.82) is 0 Å². The third-order valence-electron chi connectivity index (χ3n) is 2.90. The molecule has 0 radical (unpaired) electrons. The van der Waals surface area contributed by atoms with Gasteiger partial charge in [0.25, 0.3) is 5.69 Å². The Morgan fingerprint density at radius 3 is 2.59 bits per heavy atom. The van der Waals surface area contributed by atoms with Crippen LogP contribution in [0.5, 0.6) is 0 Å². The lowest BCUT2D eigenvalue weighted by Crippen LogP contribution is -2.23. The van der Waals surface area contributed by atoms with Crippen LogP contribution in [0, 0.1) is 10.1 Å². The van der Waals surface area contributed by atoms with Crippen LogP contribution in [0.25, 0.3) is 6.08 Å². The summed E-state index contributed by atoms with van der Waals surface area (Å²) >= 11 is 0. The molecule has 0 aliphatic heterocycles. The highest BCUT2D eigenvalue weighted by Crippen LogP contribution is 2.18. The van der Waals surface area contributed by atoms with E-state index in [9.17, 15) is 24.8 Å². The van der Waals surface area contributed by atoms with E-state index in [1.165, 1.54) is 18.2 Å². The van der Waals surface area contributed by atoms with E-state index in [0.29, 0.717) is 31.4 Å². The van der Waals surface area contributed by atoms with Gasteiger partial charge in [0, 0.05) is 24.7 Å². The van der Waals surface area contributed by atoms with E-state index < -0.39 is 10.9 Å². The zero-order valence-electron chi connectivity index (χ0n) is 12.0. The smallest absolute Gasteiger partial charge is 0.276 e. The molecule has 0 bridgehead atoms. The molecule has 7 heteroatoms. The largest absolute Gasteiger partial charge is 0.550 e. The predicted octanol–water partition coefficient (Wildman–Crippen LogP) is 1.03. The van der Waals surface area contributed by atoms with E-state index in [0.717, 1.165) is 0 Å². The first kappa shape index (κ1) is 17.4. The number of carboxylic acid groups (broad SMARTS) is 1. The number of carboxylic acids is 1. The van der Waals surface area contributed by atoms with Gasteiger partial charge in [0.15, 0.2) is 0 Å². The minimum Gasteiger partial charge on any atom is -0.550 e. The van der Waals surface area contributed by atoms with Gasteiger partial charge in [-0.15, -0.1) is 0 Å². The average Bonchev–Trinajstić information content (AvgIpc) is 2.48. The number of unbranched alkanes of at least 4 members (excludes halogenated alkanes) is 2. The van der Waals surface area contributed by atoms with Crippen molar-refractivity contribution in [3.8, 4) is 0 Å². The molecular weight excluding hydrogens is 288 g/mol. The third-order valence-corrected chi connectivity index (χ3v) is 2.90. The van der Waals surface area contributed by atoms with E-state index in [2.05, 4.69) is 5.32 Å². The predicted molar refractivity (Wildman–Crippen MR) is 78.6 cm³/mol. The van der Waals surface area contributed by atoms with Crippen LogP contribution >= 0.6 is 0 Å². The summed E-state index contributed by atoms with van der Waals surface area (Å²) in [6.07, 6.45) is 4.52. The van der Waals surface area contributed by atoms with Crippen LogP contribution in [0.1, 0.15) is 31.2 Å². The number of hydrogen-bond donors (Lipinski definition) is 1. The Labute approximate surface area is 127 Å². The van der Waals surface area contributed by atoms with Crippen LogP contribution in [0.15, 0.2) is 30.3 Å². The van der Waals surface area contributed by atoms with E-state index in [4.69, 9.17) is 0 Å². The van der Waals surface area contributed by atoms with Crippen LogP contribution in [0.2, 0.25) is 0 Å². The Hall–Kier alpha value is -2.70. The summed E-state index contributed by atoms with van der Waals surface area (Å²) in [7, 11) is 0. The number of aliphatic carboxylic acids is 1. The molecule has 1 aromatic carbocycles. The maximum absolute atomic E-state index is 11.6. The molecule has 0 unspecified atom stereocenters. The summed E-state index contributed by atoms with van der Waals surface area (Å²) in [5.74, 6) is -1.42. The first-order chi connectivity index (χ1) is 10.5. The lowest BCUT2D eigenvalue weighted by molar-refractivity contribution is -0.385. The molecule has 0 aliphatic carbocycles. The van der Waals surface area contributed by atoms with Gasteiger partial charge in [-0.05, 0) is 31.4 Å². The lowest BCUT2D eigenvalue weighted by atomic mass is 10.1. The number of carbonyl (C=O) groups excluding carboxylic acids is 2. The number of nitro benzene ring substituents is 1. The summed E-state index contributed by atoms with van der Waals surface area (Å²) in [6.45, 7) is 0.424. The van der Waals surface area contributed by atoms with Crippen LogP contribution in [-0.4, -0.2) is 23.3 Å². The zero-order valence-corrected chi connectivity index (χ0v) is 12.0. The highest BCUT2D eigenvalue weighted by molar-refractivity contribution is 5.92. The van der Waals surface area contributed by atoms with Crippen molar-refractivity contribution in [2.75, 3.05) is 6.54 Å². The normalized spacial score (nSPS) is 10.5. The monoisotopic (exact) mass is 305 g/mol. The van der Waals surface area contributed by atoms with Crippen LogP contribution in [0.4, 0.5) is 5.69 Å². The Morgan fingerprint density at radius 1 is 1.18 bits per heavy atom. The van der Waals surface area contributed by atoms with E-state index >= 15 is 0 Å². The quantitative estimate of drug-likeness (QED) is 0.317. The van der Waals surface area contributed by atoms with Gasteiger partial charge in [-0.2, -0.15) is 0 Å². The van der Waals surface area contributed by atoms with E-state index in [-0.39, 0.29) is 18.0 Å². The Morgan fingerprint density at radius 2 is 1.91 bits per heavy atom. The van der Waals surface area contributed by atoms with E-state index in [1.807, 2.05) is 0 Å². The second-order valence-electron chi connectivity index (χ2n) is 4.62. The number of amides is 1. The fourth-order valence-electron chi connectivity index (χ4n) is 1.80. The minimum atomic E-state index is -1.07. The number of para-hydroxylation sites is 1. The number of nitrogens with zero attached hydrogens (tertiary/aromatic N) is 1. The van der Waals surface area contributed by atoms with Crippen molar-refractivity contribution in [2.45, 2.75) is 25.7 Å². The number of hydrogen-bond acceptors (Lipinski definition) is 5. The molecule has 1 aromatic rings. The molecule has 1 rings (SSSR count). The molecule has 0 spiro atoms. The van der Waals surface area contributed by atoms with Crippen LogP contribution in [-0.2, 0) is 9.59 Å². The molecule has 1 N–H and O–H groups in total. The van der Waals surface area contributed by atoms with Crippen molar-refractivity contribution < 1.29 is 19.6 Å². The van der Waals surface area contributed by atoms with Crippen molar-refractivity contribution in [1.82, 2.24) is 5.32 Å². The molecular formula is C15H17N2O5-. The van der Waals surface area contributed by atoms with Gasteiger partial charge < -0.3 is 15.2 Å². The van der Waals surface area contributed by atoms with Gasteiger partial charge in [0.05, 0.1) is 10.5 Å². The number of benzene rings is 1. The Kier molecular flexibility index (Phi) is 7.32. The zero-order chi connectivity index (χ0) is 16.4. The van der Waals surface area contributed by atoms with Crippen molar-refractivity contribution in [2.24, 2.45) is 0 Å².